The van der Waals surface area contributed by atoms with Gasteiger partial charge in [0.1, 0.15) is 16.3 Å². The average Bonchev–Trinajstić information content (AvgIpc) is 2.92. The van der Waals surface area contributed by atoms with E-state index in [1.165, 1.54) is 5.56 Å². The van der Waals surface area contributed by atoms with Crippen LogP contribution in [0.1, 0.15) is 12.0 Å². The normalized spacial score (nSPS) is 11.0. The predicted molar refractivity (Wildman–Crippen MR) is 87.0 cm³/mol. The lowest BCUT2D eigenvalue weighted by atomic mass is 10.1. The molecule has 108 valence electrons. The third kappa shape index (κ3) is 3.06. The molecule has 0 aliphatic carbocycles. The number of para-hydroxylation sites is 1. The number of nitrogens with zero attached hydrogens (tertiary/aromatic N) is 1. The number of aromatic nitrogens is 1. The third-order valence-corrected chi connectivity index (χ3v) is 4.28. The van der Waals surface area contributed by atoms with Crippen molar-refractivity contribution >= 4 is 21.6 Å². The second-order valence-electron chi connectivity index (χ2n) is 4.92. The van der Waals surface area contributed by atoms with Crippen LogP contribution >= 0.6 is 11.3 Å². The molecule has 1 N–H and O–H groups in total. The number of hydrogen-bond donors (Lipinski definition) is 1. The molecular weight excluding hydrogens is 282 g/mol. The van der Waals surface area contributed by atoms with Crippen molar-refractivity contribution in [2.75, 3.05) is 13.2 Å². The number of aryl methyl sites for hydroxylation is 1. The first-order valence-electron chi connectivity index (χ1n) is 6.98. The molecule has 21 heavy (non-hydrogen) atoms. The molecule has 3 nitrogen and oxygen atoms in total. The fourth-order valence-electron chi connectivity index (χ4n) is 2.19. The van der Waals surface area contributed by atoms with Crippen LogP contribution in [-0.2, 0) is 0 Å². The number of thiazole rings is 1. The van der Waals surface area contributed by atoms with Crippen LogP contribution in [0.4, 0.5) is 0 Å². The van der Waals surface area contributed by atoms with Crippen LogP contribution in [0, 0.1) is 6.92 Å². The van der Waals surface area contributed by atoms with Gasteiger partial charge in [-0.15, -0.1) is 11.3 Å². The van der Waals surface area contributed by atoms with Crippen LogP contribution < -0.4 is 4.74 Å². The summed E-state index contributed by atoms with van der Waals surface area (Å²) in [6.45, 7) is 2.73. The molecule has 0 amide bonds. The first-order chi connectivity index (χ1) is 10.3. The number of aliphatic hydroxyl groups is 1. The SMILES string of the molecule is Cc1cccc(-c2nc3c(OCCCO)cccc3s2)c1. The Morgan fingerprint density at radius 3 is 2.86 bits per heavy atom. The molecule has 0 radical (unpaired) electrons. The maximum Gasteiger partial charge on any atom is 0.146 e. The number of rotatable bonds is 5. The van der Waals surface area contributed by atoms with Crippen LogP contribution in [0.15, 0.2) is 42.5 Å². The molecule has 1 aromatic heterocycles. The van der Waals surface area contributed by atoms with E-state index in [0.29, 0.717) is 13.0 Å². The monoisotopic (exact) mass is 299 g/mol. The van der Waals surface area contributed by atoms with Crippen molar-refractivity contribution in [3.63, 3.8) is 0 Å². The first kappa shape index (κ1) is 14.0. The highest BCUT2D eigenvalue weighted by atomic mass is 32.1. The van der Waals surface area contributed by atoms with Gasteiger partial charge in [0.15, 0.2) is 0 Å². The molecule has 0 spiro atoms. The summed E-state index contributed by atoms with van der Waals surface area (Å²) in [5, 5.41) is 9.85. The number of ether oxygens (including phenoxy) is 1. The topological polar surface area (TPSA) is 42.4 Å². The van der Waals surface area contributed by atoms with E-state index in [2.05, 4.69) is 37.3 Å². The molecule has 0 aliphatic heterocycles. The zero-order valence-electron chi connectivity index (χ0n) is 11.9. The summed E-state index contributed by atoms with van der Waals surface area (Å²) < 4.78 is 6.84. The zero-order chi connectivity index (χ0) is 14.7. The highest BCUT2D eigenvalue weighted by molar-refractivity contribution is 7.21. The van der Waals surface area contributed by atoms with Gasteiger partial charge in [0.25, 0.3) is 0 Å². The number of hydrogen-bond acceptors (Lipinski definition) is 4. The summed E-state index contributed by atoms with van der Waals surface area (Å²) in [6.07, 6.45) is 0.630. The average molecular weight is 299 g/mol. The van der Waals surface area contributed by atoms with Gasteiger partial charge in [-0.1, -0.05) is 29.8 Å². The summed E-state index contributed by atoms with van der Waals surface area (Å²) in [7, 11) is 0. The van der Waals surface area contributed by atoms with Gasteiger partial charge in [0.2, 0.25) is 0 Å². The van der Waals surface area contributed by atoms with Crippen molar-refractivity contribution in [1.82, 2.24) is 4.98 Å². The molecule has 0 saturated heterocycles. The van der Waals surface area contributed by atoms with Crippen molar-refractivity contribution in [1.29, 1.82) is 0 Å². The molecule has 0 fully saturated rings. The molecule has 0 unspecified atom stereocenters. The van der Waals surface area contributed by atoms with Crippen molar-refractivity contribution in [2.24, 2.45) is 0 Å². The highest BCUT2D eigenvalue weighted by Gasteiger charge is 2.10. The van der Waals surface area contributed by atoms with Crippen LogP contribution in [0.25, 0.3) is 20.8 Å². The quantitative estimate of drug-likeness (QED) is 0.723. The van der Waals surface area contributed by atoms with Crippen LogP contribution in [0.3, 0.4) is 0 Å². The Hall–Kier alpha value is -1.91. The van der Waals surface area contributed by atoms with E-state index in [1.54, 1.807) is 11.3 Å². The van der Waals surface area contributed by atoms with E-state index in [4.69, 9.17) is 14.8 Å². The standard InChI is InChI=1S/C17H17NO2S/c1-12-5-2-6-13(11-12)17-18-16-14(20-10-4-9-19)7-3-8-15(16)21-17/h2-3,5-8,11,19H,4,9-10H2,1H3. The van der Waals surface area contributed by atoms with Gasteiger partial charge < -0.3 is 9.84 Å². The Morgan fingerprint density at radius 2 is 2.05 bits per heavy atom. The molecule has 4 heteroatoms. The minimum Gasteiger partial charge on any atom is -0.491 e. The summed E-state index contributed by atoms with van der Waals surface area (Å²) in [5.41, 5.74) is 3.26. The summed E-state index contributed by atoms with van der Waals surface area (Å²) in [4.78, 5) is 4.73. The molecule has 0 bridgehead atoms. The lowest BCUT2D eigenvalue weighted by molar-refractivity contribution is 0.234. The van der Waals surface area contributed by atoms with Gasteiger partial charge in [-0.25, -0.2) is 4.98 Å². The summed E-state index contributed by atoms with van der Waals surface area (Å²) in [6, 6.07) is 14.3. The third-order valence-electron chi connectivity index (χ3n) is 3.21. The van der Waals surface area contributed by atoms with Crippen LogP contribution in [-0.4, -0.2) is 23.3 Å². The van der Waals surface area contributed by atoms with Gasteiger partial charge in [-0.2, -0.15) is 0 Å². The van der Waals surface area contributed by atoms with E-state index < -0.39 is 0 Å². The van der Waals surface area contributed by atoms with Crippen LogP contribution in [0.5, 0.6) is 5.75 Å². The maximum absolute atomic E-state index is 8.84. The number of aliphatic hydroxyl groups excluding tert-OH is 1. The van der Waals surface area contributed by atoms with Gasteiger partial charge in [0, 0.05) is 18.6 Å². The Kier molecular flexibility index (Phi) is 4.18. The van der Waals surface area contributed by atoms with Crippen molar-refractivity contribution in [3.8, 4) is 16.3 Å². The lowest BCUT2D eigenvalue weighted by Crippen LogP contribution is -1.99. The molecule has 1 heterocycles. The first-order valence-corrected chi connectivity index (χ1v) is 7.80. The van der Waals surface area contributed by atoms with E-state index in [9.17, 15) is 0 Å². The minimum atomic E-state index is 0.140. The van der Waals surface area contributed by atoms with E-state index in [0.717, 1.165) is 26.5 Å². The smallest absolute Gasteiger partial charge is 0.146 e. The van der Waals surface area contributed by atoms with E-state index in [-0.39, 0.29) is 6.61 Å². The van der Waals surface area contributed by atoms with Gasteiger partial charge in [-0.3, -0.25) is 0 Å². The molecule has 2 aromatic carbocycles. The molecule has 3 aromatic rings. The Morgan fingerprint density at radius 1 is 1.19 bits per heavy atom. The van der Waals surface area contributed by atoms with Crippen LogP contribution in [0.2, 0.25) is 0 Å². The molecule has 0 atom stereocenters. The Bertz CT molecular complexity index is 751. The zero-order valence-corrected chi connectivity index (χ0v) is 12.7. The second-order valence-corrected chi connectivity index (χ2v) is 5.95. The molecule has 3 rings (SSSR count). The van der Waals surface area contributed by atoms with Crippen molar-refractivity contribution in [2.45, 2.75) is 13.3 Å². The number of fused-ring (bicyclic) bond motifs is 1. The van der Waals surface area contributed by atoms with E-state index in [1.807, 2.05) is 12.1 Å². The molecule has 0 aliphatic rings. The second kappa shape index (κ2) is 6.24. The maximum atomic E-state index is 8.84. The minimum absolute atomic E-state index is 0.140. The van der Waals surface area contributed by atoms with Crippen molar-refractivity contribution in [3.05, 3.63) is 48.0 Å². The summed E-state index contributed by atoms with van der Waals surface area (Å²) in [5.74, 6) is 0.788. The van der Waals surface area contributed by atoms with E-state index >= 15 is 0 Å². The van der Waals surface area contributed by atoms with Gasteiger partial charge in [-0.05, 0) is 25.1 Å². The number of benzene rings is 2. The predicted octanol–water partition coefficient (Wildman–Crippen LogP) is 4.03. The molecule has 0 saturated carbocycles. The lowest BCUT2D eigenvalue weighted by Gasteiger charge is -2.04. The summed E-state index contributed by atoms with van der Waals surface area (Å²) >= 11 is 1.67. The largest absolute Gasteiger partial charge is 0.491 e. The fraction of sp³-hybridized carbons (Fsp3) is 0.235. The Labute approximate surface area is 127 Å². The Balaban J connectivity index is 1.98. The van der Waals surface area contributed by atoms with Crippen molar-refractivity contribution < 1.29 is 9.84 Å². The van der Waals surface area contributed by atoms with Gasteiger partial charge in [0.05, 0.1) is 11.3 Å². The fourth-order valence-corrected chi connectivity index (χ4v) is 3.17. The highest BCUT2D eigenvalue weighted by Crippen LogP contribution is 2.34. The van der Waals surface area contributed by atoms with Gasteiger partial charge >= 0.3 is 0 Å². The molecular formula is C17H17NO2S.